The van der Waals surface area contributed by atoms with Crippen LogP contribution in [0.25, 0.3) is 0 Å². The molecule has 0 spiro atoms. The molecule has 1 aliphatic rings. The van der Waals surface area contributed by atoms with Crippen LogP contribution in [0.4, 0.5) is 5.82 Å². The standard InChI is InChI=1S/C12H20N4O/c1-8-3-2-4-9(5-8)7-14-12(17)10-6-11(13)16-15-10/h6,8-9H,2-5,7H2,1H3,(H,14,17)(H3,13,15,16). The van der Waals surface area contributed by atoms with E-state index in [1.165, 1.54) is 25.7 Å². The van der Waals surface area contributed by atoms with Gasteiger partial charge in [0.05, 0.1) is 0 Å². The third kappa shape index (κ3) is 3.22. The average molecular weight is 236 g/mol. The first kappa shape index (κ1) is 12.0. The monoisotopic (exact) mass is 236 g/mol. The lowest BCUT2D eigenvalue weighted by atomic mass is 9.82. The lowest BCUT2D eigenvalue weighted by Crippen LogP contribution is -2.31. The minimum atomic E-state index is -0.118. The fourth-order valence-electron chi connectivity index (χ4n) is 2.53. The van der Waals surface area contributed by atoms with Crippen molar-refractivity contribution in [3.8, 4) is 0 Å². The Balaban J connectivity index is 1.80. The van der Waals surface area contributed by atoms with Gasteiger partial charge in [0.1, 0.15) is 11.5 Å². The summed E-state index contributed by atoms with van der Waals surface area (Å²) in [5.41, 5.74) is 5.89. The summed E-state index contributed by atoms with van der Waals surface area (Å²) in [6, 6.07) is 1.55. The normalized spacial score (nSPS) is 24.5. The van der Waals surface area contributed by atoms with Gasteiger partial charge in [0, 0.05) is 12.6 Å². The molecule has 5 nitrogen and oxygen atoms in total. The maximum atomic E-state index is 11.7. The number of carbonyl (C=O) groups is 1. The summed E-state index contributed by atoms with van der Waals surface area (Å²) in [7, 11) is 0. The minimum absolute atomic E-state index is 0.118. The number of nitrogen functional groups attached to an aromatic ring is 1. The molecule has 1 aromatic heterocycles. The molecule has 1 aromatic rings. The van der Waals surface area contributed by atoms with E-state index >= 15 is 0 Å². The predicted octanol–water partition coefficient (Wildman–Crippen LogP) is 1.55. The Labute approximate surface area is 101 Å². The highest BCUT2D eigenvalue weighted by atomic mass is 16.1. The van der Waals surface area contributed by atoms with Crippen LogP contribution in [-0.2, 0) is 0 Å². The molecule has 1 saturated carbocycles. The molecule has 17 heavy (non-hydrogen) atoms. The van der Waals surface area contributed by atoms with E-state index in [2.05, 4.69) is 22.4 Å². The van der Waals surface area contributed by atoms with Crippen molar-refractivity contribution in [1.82, 2.24) is 15.5 Å². The van der Waals surface area contributed by atoms with Crippen molar-refractivity contribution in [2.45, 2.75) is 32.6 Å². The maximum absolute atomic E-state index is 11.7. The molecule has 1 fully saturated rings. The first-order chi connectivity index (χ1) is 8.15. The zero-order valence-electron chi connectivity index (χ0n) is 10.2. The van der Waals surface area contributed by atoms with E-state index in [0.717, 1.165) is 12.5 Å². The van der Waals surface area contributed by atoms with Gasteiger partial charge in [-0.25, -0.2) is 0 Å². The molecule has 0 bridgehead atoms. The molecule has 94 valence electrons. The molecule has 4 N–H and O–H groups in total. The number of amides is 1. The highest BCUT2D eigenvalue weighted by molar-refractivity contribution is 5.92. The van der Waals surface area contributed by atoms with Crippen LogP contribution in [0.5, 0.6) is 0 Å². The van der Waals surface area contributed by atoms with Crippen LogP contribution in [0.2, 0.25) is 0 Å². The Kier molecular flexibility index (Phi) is 3.66. The largest absolute Gasteiger partial charge is 0.382 e. The van der Waals surface area contributed by atoms with Crippen molar-refractivity contribution < 1.29 is 4.79 Å². The van der Waals surface area contributed by atoms with E-state index < -0.39 is 0 Å². The molecule has 0 aliphatic heterocycles. The number of rotatable bonds is 3. The van der Waals surface area contributed by atoms with Crippen LogP contribution in [0.3, 0.4) is 0 Å². The number of carbonyl (C=O) groups excluding carboxylic acids is 1. The van der Waals surface area contributed by atoms with Crippen molar-refractivity contribution in [2.24, 2.45) is 11.8 Å². The van der Waals surface area contributed by atoms with Gasteiger partial charge in [-0.3, -0.25) is 9.89 Å². The number of nitrogens with one attached hydrogen (secondary N) is 2. The summed E-state index contributed by atoms with van der Waals surface area (Å²) >= 11 is 0. The van der Waals surface area contributed by atoms with Crippen molar-refractivity contribution in [2.75, 3.05) is 12.3 Å². The Bertz CT molecular complexity index is 388. The molecule has 1 aliphatic carbocycles. The van der Waals surface area contributed by atoms with Crippen LogP contribution in [0.1, 0.15) is 43.1 Å². The number of anilines is 1. The molecule has 2 atom stereocenters. The topological polar surface area (TPSA) is 83.8 Å². The minimum Gasteiger partial charge on any atom is -0.382 e. The molecule has 2 rings (SSSR count). The first-order valence-corrected chi connectivity index (χ1v) is 6.24. The van der Waals surface area contributed by atoms with Gasteiger partial charge < -0.3 is 11.1 Å². The molecule has 0 saturated heterocycles. The summed E-state index contributed by atoms with van der Waals surface area (Å²) < 4.78 is 0. The predicted molar refractivity (Wildman–Crippen MR) is 66.5 cm³/mol. The molecule has 1 heterocycles. The van der Waals surface area contributed by atoms with E-state index in [4.69, 9.17) is 5.73 Å². The molecular weight excluding hydrogens is 216 g/mol. The van der Waals surface area contributed by atoms with Crippen LogP contribution in [-0.4, -0.2) is 22.6 Å². The van der Waals surface area contributed by atoms with E-state index in [1.54, 1.807) is 6.07 Å². The summed E-state index contributed by atoms with van der Waals surface area (Å²) in [6.07, 6.45) is 5.03. The lowest BCUT2D eigenvalue weighted by molar-refractivity contribution is 0.0935. The van der Waals surface area contributed by atoms with Gasteiger partial charge >= 0.3 is 0 Å². The second-order valence-corrected chi connectivity index (χ2v) is 5.05. The summed E-state index contributed by atoms with van der Waals surface area (Å²) in [5.74, 6) is 1.63. The van der Waals surface area contributed by atoms with Crippen LogP contribution in [0, 0.1) is 11.8 Å². The molecule has 0 radical (unpaired) electrons. The number of H-pyrrole nitrogens is 1. The highest BCUT2D eigenvalue weighted by Gasteiger charge is 2.19. The van der Waals surface area contributed by atoms with E-state index in [9.17, 15) is 4.79 Å². The molecule has 5 heteroatoms. The number of aromatic nitrogens is 2. The fourth-order valence-corrected chi connectivity index (χ4v) is 2.53. The maximum Gasteiger partial charge on any atom is 0.269 e. The van der Waals surface area contributed by atoms with Crippen LogP contribution in [0.15, 0.2) is 6.07 Å². The smallest absolute Gasteiger partial charge is 0.269 e. The Morgan fingerprint density at radius 1 is 1.65 bits per heavy atom. The zero-order chi connectivity index (χ0) is 12.3. The van der Waals surface area contributed by atoms with Gasteiger partial charge in [-0.1, -0.05) is 19.8 Å². The first-order valence-electron chi connectivity index (χ1n) is 6.24. The summed E-state index contributed by atoms with van der Waals surface area (Å²) in [6.45, 7) is 3.03. The third-order valence-corrected chi connectivity index (χ3v) is 3.44. The Morgan fingerprint density at radius 3 is 3.12 bits per heavy atom. The van der Waals surface area contributed by atoms with Gasteiger partial charge in [0.2, 0.25) is 0 Å². The second kappa shape index (κ2) is 5.21. The number of hydrogen-bond donors (Lipinski definition) is 3. The Hall–Kier alpha value is -1.52. The summed E-state index contributed by atoms with van der Waals surface area (Å²) in [5, 5.41) is 9.29. The summed E-state index contributed by atoms with van der Waals surface area (Å²) in [4.78, 5) is 11.7. The molecular formula is C12H20N4O. The van der Waals surface area contributed by atoms with Gasteiger partial charge in [0.15, 0.2) is 0 Å². The van der Waals surface area contributed by atoms with E-state index in [0.29, 0.717) is 17.4 Å². The SMILES string of the molecule is CC1CCCC(CNC(=O)c2cc(N)n[nH]2)C1. The zero-order valence-corrected chi connectivity index (χ0v) is 10.2. The van der Waals surface area contributed by atoms with Crippen molar-refractivity contribution in [3.63, 3.8) is 0 Å². The van der Waals surface area contributed by atoms with Gasteiger partial charge in [-0.2, -0.15) is 5.10 Å². The molecule has 0 aromatic carbocycles. The average Bonchev–Trinajstić information content (AvgIpc) is 2.73. The number of nitrogens with zero attached hydrogens (tertiary/aromatic N) is 1. The van der Waals surface area contributed by atoms with Crippen LogP contribution < -0.4 is 11.1 Å². The van der Waals surface area contributed by atoms with Gasteiger partial charge in [-0.05, 0) is 24.7 Å². The quantitative estimate of drug-likeness (QED) is 0.744. The number of aromatic amines is 1. The van der Waals surface area contributed by atoms with Crippen molar-refractivity contribution >= 4 is 11.7 Å². The van der Waals surface area contributed by atoms with E-state index in [1.807, 2.05) is 0 Å². The van der Waals surface area contributed by atoms with Crippen molar-refractivity contribution in [3.05, 3.63) is 11.8 Å². The Morgan fingerprint density at radius 2 is 2.47 bits per heavy atom. The lowest BCUT2D eigenvalue weighted by Gasteiger charge is -2.26. The second-order valence-electron chi connectivity index (χ2n) is 5.05. The van der Waals surface area contributed by atoms with Crippen molar-refractivity contribution in [1.29, 1.82) is 0 Å². The molecule has 1 amide bonds. The number of hydrogen-bond acceptors (Lipinski definition) is 3. The highest BCUT2D eigenvalue weighted by Crippen LogP contribution is 2.27. The van der Waals surface area contributed by atoms with Gasteiger partial charge in [0.25, 0.3) is 5.91 Å². The van der Waals surface area contributed by atoms with Gasteiger partial charge in [-0.15, -0.1) is 0 Å². The molecule has 2 unspecified atom stereocenters. The third-order valence-electron chi connectivity index (χ3n) is 3.44. The number of nitrogens with two attached hydrogens (primary N) is 1. The van der Waals surface area contributed by atoms with E-state index in [-0.39, 0.29) is 5.91 Å². The fraction of sp³-hybridized carbons (Fsp3) is 0.667. The van der Waals surface area contributed by atoms with Crippen LogP contribution >= 0.6 is 0 Å².